The molecule has 27 heavy (non-hydrogen) atoms. The molecule has 4 heterocycles. The Morgan fingerprint density at radius 1 is 1.26 bits per heavy atom. The van der Waals surface area contributed by atoms with Crippen molar-refractivity contribution in [1.29, 1.82) is 0 Å². The van der Waals surface area contributed by atoms with E-state index in [1.807, 2.05) is 38.2 Å². The topological polar surface area (TPSA) is 76.0 Å². The van der Waals surface area contributed by atoms with Crippen LogP contribution >= 0.6 is 0 Å². The third-order valence-electron chi connectivity index (χ3n) is 5.04. The smallest absolute Gasteiger partial charge is 0.183 e. The number of morpholine rings is 1. The Bertz CT molecular complexity index is 953. The first kappa shape index (κ1) is 17.9. The summed E-state index contributed by atoms with van der Waals surface area (Å²) in [5.74, 6) is 0.0928. The van der Waals surface area contributed by atoms with Crippen LogP contribution in [0, 0.1) is 6.92 Å². The zero-order valence-electron chi connectivity index (χ0n) is 15.9. The van der Waals surface area contributed by atoms with Crippen molar-refractivity contribution in [2.24, 2.45) is 7.05 Å². The van der Waals surface area contributed by atoms with Gasteiger partial charge in [0.05, 0.1) is 35.6 Å². The second-order valence-corrected chi connectivity index (χ2v) is 7.09. The van der Waals surface area contributed by atoms with Gasteiger partial charge in [-0.15, -0.1) is 0 Å². The van der Waals surface area contributed by atoms with Crippen LogP contribution in [0.2, 0.25) is 0 Å². The second kappa shape index (κ2) is 7.62. The van der Waals surface area contributed by atoms with Gasteiger partial charge >= 0.3 is 0 Å². The first-order chi connectivity index (χ1) is 13.1. The van der Waals surface area contributed by atoms with E-state index in [9.17, 15) is 4.79 Å². The number of aryl methyl sites for hydroxylation is 2. The van der Waals surface area contributed by atoms with Crippen LogP contribution in [-0.2, 0) is 11.8 Å². The number of carbonyl (C=O) groups is 1. The van der Waals surface area contributed by atoms with Gasteiger partial charge in [0, 0.05) is 32.3 Å². The minimum absolute atomic E-state index is 0.0928. The lowest BCUT2D eigenvalue weighted by atomic mass is 10.1. The van der Waals surface area contributed by atoms with Crippen LogP contribution in [-0.4, -0.2) is 63.3 Å². The standard InChI is InChI=1S/C20H25N5O2/c1-14-5-6-15-16(21-14)12-17(22-15)19-13-18(23-24(19)2)20(26)4-3-7-25-8-10-27-11-9-25/h5-6,12-13,22H,3-4,7-11H2,1-2H3. The number of nitrogens with zero attached hydrogens (tertiary/aromatic N) is 4. The molecule has 0 aliphatic carbocycles. The lowest BCUT2D eigenvalue weighted by Crippen LogP contribution is -2.36. The molecule has 1 N–H and O–H groups in total. The fourth-order valence-electron chi connectivity index (χ4n) is 3.52. The molecule has 0 aromatic carbocycles. The molecule has 0 bridgehead atoms. The van der Waals surface area contributed by atoms with Crippen molar-refractivity contribution in [3.05, 3.63) is 35.7 Å². The SMILES string of the molecule is Cc1ccc2[nH]c(-c3cc(C(=O)CCCN4CCOCC4)nn3C)cc2n1. The zero-order valence-corrected chi connectivity index (χ0v) is 15.9. The van der Waals surface area contributed by atoms with Gasteiger partial charge in [-0.05, 0) is 44.2 Å². The number of aromatic nitrogens is 4. The molecule has 1 aliphatic heterocycles. The van der Waals surface area contributed by atoms with E-state index in [1.165, 1.54) is 0 Å². The van der Waals surface area contributed by atoms with E-state index in [1.54, 1.807) is 4.68 Å². The van der Waals surface area contributed by atoms with Crippen LogP contribution in [0.25, 0.3) is 22.4 Å². The Morgan fingerprint density at radius 2 is 2.07 bits per heavy atom. The maximum Gasteiger partial charge on any atom is 0.183 e. The Morgan fingerprint density at radius 3 is 2.89 bits per heavy atom. The number of nitrogens with one attached hydrogen (secondary N) is 1. The summed E-state index contributed by atoms with van der Waals surface area (Å²) in [6, 6.07) is 7.88. The van der Waals surface area contributed by atoms with Crippen molar-refractivity contribution >= 4 is 16.8 Å². The molecule has 1 fully saturated rings. The molecule has 0 radical (unpaired) electrons. The third kappa shape index (κ3) is 3.94. The highest BCUT2D eigenvalue weighted by atomic mass is 16.5. The lowest BCUT2D eigenvalue weighted by molar-refractivity contribution is 0.0371. The van der Waals surface area contributed by atoms with Crippen LogP contribution in [0.1, 0.15) is 29.0 Å². The van der Waals surface area contributed by atoms with E-state index in [0.717, 1.165) is 67.4 Å². The number of H-pyrrole nitrogens is 1. The molecule has 7 heteroatoms. The van der Waals surface area contributed by atoms with E-state index in [-0.39, 0.29) is 5.78 Å². The summed E-state index contributed by atoms with van der Waals surface area (Å²) in [6.07, 6.45) is 1.36. The third-order valence-corrected chi connectivity index (χ3v) is 5.04. The number of ketones is 1. The lowest BCUT2D eigenvalue weighted by Gasteiger charge is -2.26. The summed E-state index contributed by atoms with van der Waals surface area (Å²) < 4.78 is 7.11. The summed E-state index contributed by atoms with van der Waals surface area (Å²) in [4.78, 5) is 22.8. The number of pyridine rings is 1. The number of carbonyl (C=O) groups excluding carboxylic acids is 1. The normalized spacial score (nSPS) is 15.5. The fraction of sp³-hybridized carbons (Fsp3) is 0.450. The number of Topliss-reactive ketones (excluding diaryl/α,β-unsaturated/α-hetero) is 1. The van der Waals surface area contributed by atoms with Gasteiger partial charge in [-0.3, -0.25) is 19.4 Å². The largest absolute Gasteiger partial charge is 0.379 e. The molecule has 1 aliphatic rings. The molecule has 1 saturated heterocycles. The van der Waals surface area contributed by atoms with Crippen LogP contribution in [0.5, 0.6) is 0 Å². The van der Waals surface area contributed by atoms with Gasteiger partial charge in [0.2, 0.25) is 0 Å². The van der Waals surface area contributed by atoms with Crippen LogP contribution in [0.4, 0.5) is 0 Å². The Balaban J connectivity index is 1.44. The van der Waals surface area contributed by atoms with E-state index in [2.05, 4.69) is 20.0 Å². The molecular formula is C20H25N5O2. The van der Waals surface area contributed by atoms with Crippen molar-refractivity contribution in [3.8, 4) is 11.4 Å². The van der Waals surface area contributed by atoms with Gasteiger partial charge in [-0.25, -0.2) is 0 Å². The maximum atomic E-state index is 12.6. The van der Waals surface area contributed by atoms with Gasteiger partial charge in [0.1, 0.15) is 5.69 Å². The molecule has 0 spiro atoms. The Hall–Kier alpha value is -2.51. The van der Waals surface area contributed by atoms with Gasteiger partial charge in [-0.1, -0.05) is 0 Å². The van der Waals surface area contributed by atoms with Crippen LogP contribution < -0.4 is 0 Å². The van der Waals surface area contributed by atoms with Gasteiger partial charge in [-0.2, -0.15) is 5.10 Å². The summed E-state index contributed by atoms with van der Waals surface area (Å²) in [7, 11) is 1.87. The fourth-order valence-corrected chi connectivity index (χ4v) is 3.52. The van der Waals surface area contributed by atoms with Crippen molar-refractivity contribution in [2.45, 2.75) is 19.8 Å². The summed E-state index contributed by atoms with van der Waals surface area (Å²) in [5, 5.41) is 4.43. The van der Waals surface area contributed by atoms with Crippen molar-refractivity contribution in [2.75, 3.05) is 32.8 Å². The van der Waals surface area contributed by atoms with Gasteiger partial charge in [0.25, 0.3) is 0 Å². The predicted octanol–water partition coefficient (Wildman–Crippen LogP) is 2.57. The highest BCUT2D eigenvalue weighted by Gasteiger charge is 2.16. The number of ether oxygens (including phenoxy) is 1. The first-order valence-corrected chi connectivity index (χ1v) is 9.44. The molecule has 0 saturated carbocycles. The predicted molar refractivity (Wildman–Crippen MR) is 104 cm³/mol. The van der Waals surface area contributed by atoms with E-state index >= 15 is 0 Å². The molecule has 7 nitrogen and oxygen atoms in total. The zero-order chi connectivity index (χ0) is 18.8. The molecular weight excluding hydrogens is 342 g/mol. The Labute approximate surface area is 158 Å². The molecule has 142 valence electrons. The van der Waals surface area contributed by atoms with Crippen molar-refractivity contribution in [3.63, 3.8) is 0 Å². The summed E-state index contributed by atoms with van der Waals surface area (Å²) in [5.41, 5.74) is 5.22. The average molecular weight is 367 g/mol. The number of hydrogen-bond donors (Lipinski definition) is 1. The Kier molecular flexibility index (Phi) is 5.05. The number of rotatable bonds is 6. The van der Waals surface area contributed by atoms with Gasteiger partial charge < -0.3 is 9.72 Å². The van der Waals surface area contributed by atoms with E-state index < -0.39 is 0 Å². The van der Waals surface area contributed by atoms with E-state index in [4.69, 9.17) is 4.74 Å². The molecule has 4 rings (SSSR count). The molecule has 0 unspecified atom stereocenters. The first-order valence-electron chi connectivity index (χ1n) is 9.44. The van der Waals surface area contributed by atoms with Crippen LogP contribution in [0.3, 0.4) is 0 Å². The average Bonchev–Trinajstić information content (AvgIpc) is 3.25. The maximum absolute atomic E-state index is 12.6. The van der Waals surface area contributed by atoms with Gasteiger partial charge in [0.15, 0.2) is 5.78 Å². The molecule has 3 aromatic rings. The quantitative estimate of drug-likeness (QED) is 0.678. The molecule has 3 aromatic heterocycles. The van der Waals surface area contributed by atoms with Crippen molar-refractivity contribution in [1.82, 2.24) is 24.6 Å². The second-order valence-electron chi connectivity index (χ2n) is 7.09. The molecule has 0 atom stereocenters. The minimum atomic E-state index is 0.0928. The number of hydrogen-bond acceptors (Lipinski definition) is 5. The van der Waals surface area contributed by atoms with Crippen LogP contribution in [0.15, 0.2) is 24.3 Å². The molecule has 0 amide bonds. The highest BCUT2D eigenvalue weighted by Crippen LogP contribution is 2.24. The number of fused-ring (bicyclic) bond motifs is 1. The van der Waals surface area contributed by atoms with E-state index in [0.29, 0.717) is 12.1 Å². The number of aromatic amines is 1. The summed E-state index contributed by atoms with van der Waals surface area (Å²) in [6.45, 7) is 6.39. The highest BCUT2D eigenvalue weighted by molar-refractivity contribution is 5.95. The monoisotopic (exact) mass is 367 g/mol. The van der Waals surface area contributed by atoms with Crippen molar-refractivity contribution < 1.29 is 9.53 Å². The minimum Gasteiger partial charge on any atom is -0.379 e. The summed E-state index contributed by atoms with van der Waals surface area (Å²) >= 11 is 0.